The molecule has 5 heteroatoms. The van der Waals surface area contributed by atoms with E-state index >= 15 is 0 Å². The Morgan fingerprint density at radius 3 is 2.42 bits per heavy atom. The van der Waals surface area contributed by atoms with E-state index in [9.17, 15) is 4.79 Å². The molecule has 1 amide bonds. The van der Waals surface area contributed by atoms with Gasteiger partial charge in [-0.25, -0.2) is 4.98 Å². The Hall–Kier alpha value is -2.17. The van der Waals surface area contributed by atoms with Crippen molar-refractivity contribution in [1.29, 1.82) is 0 Å². The van der Waals surface area contributed by atoms with Crippen molar-refractivity contribution in [3.05, 3.63) is 69.7 Å². The summed E-state index contributed by atoms with van der Waals surface area (Å²) < 4.78 is 0. The highest BCUT2D eigenvalue weighted by molar-refractivity contribution is 7.17. The van der Waals surface area contributed by atoms with Crippen molar-refractivity contribution in [2.24, 2.45) is 0 Å². The maximum absolute atomic E-state index is 12.5. The molecule has 3 nitrogen and oxygen atoms in total. The molecule has 1 N–H and O–H groups in total. The smallest absolute Gasteiger partial charge is 0.267 e. The van der Waals surface area contributed by atoms with Crippen LogP contribution in [0.4, 0.5) is 5.69 Å². The fourth-order valence-corrected chi connectivity index (χ4v) is 3.43. The third-order valence-corrected chi connectivity index (χ3v) is 5.17. The topological polar surface area (TPSA) is 42.0 Å². The molecule has 0 aliphatic carbocycles. The van der Waals surface area contributed by atoms with Gasteiger partial charge in [0.1, 0.15) is 9.88 Å². The molecule has 1 aromatic heterocycles. The van der Waals surface area contributed by atoms with Gasteiger partial charge < -0.3 is 5.32 Å². The van der Waals surface area contributed by atoms with Gasteiger partial charge >= 0.3 is 0 Å². The van der Waals surface area contributed by atoms with Crippen LogP contribution in [0.3, 0.4) is 0 Å². The first-order chi connectivity index (χ1) is 11.6. The van der Waals surface area contributed by atoms with Gasteiger partial charge in [-0.2, -0.15) is 0 Å². The zero-order valence-corrected chi connectivity index (χ0v) is 15.0. The quantitative estimate of drug-likeness (QED) is 0.662. The number of carbonyl (C=O) groups is 1. The Morgan fingerprint density at radius 1 is 1.12 bits per heavy atom. The molecule has 0 fully saturated rings. The summed E-state index contributed by atoms with van der Waals surface area (Å²) in [5.41, 5.74) is 3.77. The van der Waals surface area contributed by atoms with Crippen LogP contribution >= 0.6 is 22.9 Å². The lowest BCUT2D eigenvalue weighted by molar-refractivity contribution is 0.103. The predicted molar refractivity (Wildman–Crippen MR) is 101 cm³/mol. The van der Waals surface area contributed by atoms with E-state index in [0.717, 1.165) is 22.7 Å². The lowest BCUT2D eigenvalue weighted by Crippen LogP contribution is -2.11. The molecule has 3 rings (SSSR count). The normalized spacial score (nSPS) is 10.6. The molecule has 0 unspecified atom stereocenters. The van der Waals surface area contributed by atoms with Crippen molar-refractivity contribution in [2.75, 3.05) is 5.32 Å². The number of rotatable bonds is 4. The number of nitrogens with zero attached hydrogens (tertiary/aromatic N) is 1. The van der Waals surface area contributed by atoms with Gasteiger partial charge in [0.15, 0.2) is 0 Å². The van der Waals surface area contributed by atoms with Crippen LogP contribution in [-0.4, -0.2) is 10.9 Å². The molecule has 122 valence electrons. The minimum absolute atomic E-state index is 0.149. The van der Waals surface area contributed by atoms with E-state index in [1.165, 1.54) is 16.9 Å². The van der Waals surface area contributed by atoms with Crippen molar-refractivity contribution in [1.82, 2.24) is 4.98 Å². The van der Waals surface area contributed by atoms with Crippen molar-refractivity contribution in [3.63, 3.8) is 0 Å². The lowest BCUT2D eigenvalue weighted by atomic mass is 10.1. The van der Waals surface area contributed by atoms with Crippen LogP contribution in [0.2, 0.25) is 5.02 Å². The molecule has 0 bridgehead atoms. The molecule has 0 aliphatic rings. The molecule has 0 radical (unpaired) electrons. The van der Waals surface area contributed by atoms with Crippen LogP contribution in [0.25, 0.3) is 10.6 Å². The number of benzene rings is 2. The van der Waals surface area contributed by atoms with E-state index in [2.05, 4.69) is 41.5 Å². The van der Waals surface area contributed by atoms with E-state index in [4.69, 9.17) is 11.6 Å². The minimum atomic E-state index is -0.149. The molecule has 1 heterocycles. The van der Waals surface area contributed by atoms with Crippen molar-refractivity contribution < 1.29 is 4.79 Å². The third-order valence-electron chi connectivity index (χ3n) is 3.71. The largest absolute Gasteiger partial charge is 0.321 e. The van der Waals surface area contributed by atoms with Crippen molar-refractivity contribution in [3.8, 4) is 10.6 Å². The molecular formula is C19H17ClN2OS. The van der Waals surface area contributed by atoms with Gasteiger partial charge in [-0.15, -0.1) is 11.3 Å². The van der Waals surface area contributed by atoms with E-state index in [0.29, 0.717) is 15.6 Å². The highest BCUT2D eigenvalue weighted by atomic mass is 35.5. The average molecular weight is 357 g/mol. The molecule has 0 spiro atoms. The van der Waals surface area contributed by atoms with Crippen molar-refractivity contribution >= 4 is 34.5 Å². The Morgan fingerprint density at radius 2 is 1.79 bits per heavy atom. The first-order valence-electron chi connectivity index (χ1n) is 7.70. The summed E-state index contributed by atoms with van der Waals surface area (Å²) in [5.74, 6) is -0.149. The first kappa shape index (κ1) is 16.7. The van der Waals surface area contributed by atoms with E-state index in [1.54, 1.807) is 24.3 Å². The molecule has 3 aromatic rings. The maximum atomic E-state index is 12.5. The number of nitrogens with one attached hydrogen (secondary N) is 1. The zero-order valence-electron chi connectivity index (χ0n) is 13.5. The SMILES string of the molecule is CCc1ccc(-c2nc(C)c(C(=O)Nc3ccc(Cl)cc3)s2)cc1. The average Bonchev–Trinajstić information content (AvgIpc) is 2.99. The lowest BCUT2D eigenvalue weighted by Gasteiger charge is -2.03. The van der Waals surface area contributed by atoms with Gasteiger partial charge in [0.25, 0.3) is 5.91 Å². The monoisotopic (exact) mass is 356 g/mol. The summed E-state index contributed by atoms with van der Waals surface area (Å²) in [7, 11) is 0. The number of anilines is 1. The van der Waals surface area contributed by atoms with Gasteiger partial charge in [0.2, 0.25) is 0 Å². The second kappa shape index (κ2) is 7.16. The van der Waals surface area contributed by atoms with Gasteiger partial charge in [-0.1, -0.05) is 42.8 Å². The first-order valence-corrected chi connectivity index (χ1v) is 8.90. The summed E-state index contributed by atoms with van der Waals surface area (Å²) >= 11 is 7.27. The predicted octanol–water partition coefficient (Wildman–Crippen LogP) is 5.59. The van der Waals surface area contributed by atoms with Crippen LogP contribution in [0.15, 0.2) is 48.5 Å². The van der Waals surface area contributed by atoms with Crippen LogP contribution in [0, 0.1) is 6.92 Å². The van der Waals surface area contributed by atoms with Gasteiger partial charge in [0.05, 0.1) is 5.69 Å². The Kier molecular flexibility index (Phi) is 4.97. The molecule has 0 aliphatic heterocycles. The standard InChI is InChI=1S/C19H17ClN2OS/c1-3-13-4-6-14(7-5-13)19-21-12(2)17(24-19)18(23)22-16-10-8-15(20)9-11-16/h4-11H,3H2,1-2H3,(H,22,23). The third kappa shape index (κ3) is 3.66. The summed E-state index contributed by atoms with van der Waals surface area (Å²) in [6.45, 7) is 3.99. The van der Waals surface area contributed by atoms with Crippen molar-refractivity contribution in [2.45, 2.75) is 20.3 Å². The number of aryl methyl sites for hydroxylation is 2. The number of hydrogen-bond donors (Lipinski definition) is 1. The Balaban J connectivity index is 1.82. The number of carbonyl (C=O) groups excluding carboxylic acids is 1. The fourth-order valence-electron chi connectivity index (χ4n) is 2.33. The molecule has 24 heavy (non-hydrogen) atoms. The molecule has 0 saturated heterocycles. The van der Waals surface area contributed by atoms with Crippen LogP contribution < -0.4 is 5.32 Å². The minimum Gasteiger partial charge on any atom is -0.321 e. The molecule has 2 aromatic carbocycles. The second-order valence-corrected chi connectivity index (χ2v) is 6.88. The number of halogens is 1. The number of hydrogen-bond acceptors (Lipinski definition) is 3. The maximum Gasteiger partial charge on any atom is 0.267 e. The molecule has 0 atom stereocenters. The molecular weight excluding hydrogens is 340 g/mol. The van der Waals surface area contributed by atoms with E-state index in [-0.39, 0.29) is 5.91 Å². The fraction of sp³-hybridized carbons (Fsp3) is 0.158. The summed E-state index contributed by atoms with van der Waals surface area (Å²) in [6.07, 6.45) is 1.01. The number of aromatic nitrogens is 1. The van der Waals surface area contributed by atoms with Gasteiger partial charge in [-0.3, -0.25) is 4.79 Å². The van der Waals surface area contributed by atoms with Gasteiger partial charge in [0, 0.05) is 16.3 Å². The summed E-state index contributed by atoms with van der Waals surface area (Å²) in [4.78, 5) is 17.7. The molecule has 0 saturated carbocycles. The zero-order chi connectivity index (χ0) is 17.1. The Labute approximate surface area is 150 Å². The second-order valence-electron chi connectivity index (χ2n) is 5.45. The van der Waals surface area contributed by atoms with Gasteiger partial charge in [-0.05, 0) is 43.2 Å². The van der Waals surface area contributed by atoms with E-state index < -0.39 is 0 Å². The van der Waals surface area contributed by atoms with Crippen LogP contribution in [0.1, 0.15) is 27.9 Å². The van der Waals surface area contributed by atoms with Crippen LogP contribution in [0.5, 0.6) is 0 Å². The highest BCUT2D eigenvalue weighted by Crippen LogP contribution is 2.29. The summed E-state index contributed by atoms with van der Waals surface area (Å²) in [6, 6.07) is 15.4. The number of amides is 1. The van der Waals surface area contributed by atoms with E-state index in [1.807, 2.05) is 6.92 Å². The Bertz CT molecular complexity index is 854. The number of thiazole rings is 1. The van der Waals surface area contributed by atoms with Crippen LogP contribution in [-0.2, 0) is 6.42 Å². The summed E-state index contributed by atoms with van der Waals surface area (Å²) in [5, 5.41) is 4.38. The highest BCUT2D eigenvalue weighted by Gasteiger charge is 2.16.